The molecule has 0 N–H and O–H groups in total. The van der Waals surface area contributed by atoms with Crippen molar-refractivity contribution in [2.75, 3.05) is 0 Å². The number of Topliss-reactive ketones (excluding diaryl/α,β-unsaturated/α-hetero) is 1. The van der Waals surface area contributed by atoms with E-state index in [1.54, 1.807) is 0 Å². The fraction of sp³-hybridized carbons (Fsp3) is 0.947. The summed E-state index contributed by atoms with van der Waals surface area (Å²) in [5.41, 5.74) is 1.01. The predicted octanol–water partition coefficient (Wildman–Crippen LogP) is 5.38. The Kier molecular flexibility index (Phi) is 3.34. The smallest absolute Gasteiger partial charge is 0.139 e. The van der Waals surface area contributed by atoms with E-state index in [0.29, 0.717) is 22.5 Å². The van der Waals surface area contributed by atoms with Crippen LogP contribution in [0.25, 0.3) is 0 Å². The third-order valence-corrected chi connectivity index (χ3v) is 6.53. The van der Waals surface area contributed by atoms with Crippen molar-refractivity contribution in [3.05, 3.63) is 0 Å². The second-order valence-corrected chi connectivity index (χ2v) is 9.43. The molecule has 4 rings (SSSR count). The molecule has 0 aliphatic heterocycles. The van der Waals surface area contributed by atoms with E-state index in [1.165, 1.54) is 51.4 Å². The van der Waals surface area contributed by atoms with Crippen LogP contribution >= 0.6 is 0 Å². The number of hydrogen-bond acceptors (Lipinski definition) is 1. The van der Waals surface area contributed by atoms with Gasteiger partial charge in [0.1, 0.15) is 5.78 Å². The Balaban J connectivity index is 1.80. The minimum absolute atomic E-state index is 0.0743. The Hall–Kier alpha value is -0.330. The molecule has 0 radical (unpaired) electrons. The van der Waals surface area contributed by atoms with Crippen molar-refractivity contribution in [2.24, 2.45) is 28.1 Å². The van der Waals surface area contributed by atoms with Gasteiger partial charge in [-0.2, -0.15) is 0 Å². The van der Waals surface area contributed by atoms with Gasteiger partial charge in [0, 0.05) is 11.8 Å². The Labute approximate surface area is 124 Å². The first-order valence-electron chi connectivity index (χ1n) is 8.82. The fourth-order valence-electron chi connectivity index (χ4n) is 6.89. The molecule has 0 heterocycles. The van der Waals surface area contributed by atoms with Gasteiger partial charge < -0.3 is 0 Å². The maximum Gasteiger partial charge on any atom is 0.139 e. The molecule has 3 unspecified atom stereocenters. The topological polar surface area (TPSA) is 17.1 Å². The number of rotatable bonds is 5. The maximum absolute atomic E-state index is 13.1. The highest BCUT2D eigenvalue weighted by molar-refractivity contribution is 5.85. The van der Waals surface area contributed by atoms with E-state index in [9.17, 15) is 4.79 Å². The lowest BCUT2D eigenvalue weighted by atomic mass is 9.39. The van der Waals surface area contributed by atoms with E-state index < -0.39 is 0 Å². The molecule has 0 aromatic carbocycles. The SMILES string of the molecule is CCCC(C)CC(=O)C12CC3CC(C)(CC(C)(C3)C1)C2. The van der Waals surface area contributed by atoms with Crippen LogP contribution in [-0.2, 0) is 4.79 Å². The van der Waals surface area contributed by atoms with Gasteiger partial charge in [-0.1, -0.05) is 40.5 Å². The summed E-state index contributed by atoms with van der Waals surface area (Å²) in [6.45, 7) is 9.43. The summed E-state index contributed by atoms with van der Waals surface area (Å²) in [5.74, 6) is 2.05. The van der Waals surface area contributed by atoms with E-state index >= 15 is 0 Å². The molecular weight excluding hydrogens is 244 g/mol. The second-order valence-electron chi connectivity index (χ2n) is 9.43. The van der Waals surface area contributed by atoms with Gasteiger partial charge in [0.2, 0.25) is 0 Å². The molecular formula is C19H32O. The molecule has 0 aromatic rings. The summed E-state index contributed by atoms with van der Waals surface area (Å²) < 4.78 is 0. The molecule has 0 spiro atoms. The molecule has 4 aliphatic carbocycles. The Morgan fingerprint density at radius 3 is 2.20 bits per heavy atom. The zero-order valence-corrected chi connectivity index (χ0v) is 13.9. The van der Waals surface area contributed by atoms with Gasteiger partial charge in [0.25, 0.3) is 0 Å². The standard InChI is InChI=1S/C19H32O/c1-5-6-14(2)7-16(20)19-10-15-8-17(3,12-19)11-18(4,9-15)13-19/h14-15H,5-13H2,1-4H3. The summed E-state index contributed by atoms with van der Waals surface area (Å²) in [7, 11) is 0. The van der Waals surface area contributed by atoms with Crippen molar-refractivity contribution in [3.8, 4) is 0 Å². The third-order valence-electron chi connectivity index (χ3n) is 6.53. The average molecular weight is 276 g/mol. The number of ketones is 1. The molecule has 4 aliphatic rings. The van der Waals surface area contributed by atoms with Crippen LogP contribution in [0.5, 0.6) is 0 Å². The zero-order chi connectivity index (χ0) is 14.6. The number of hydrogen-bond donors (Lipinski definition) is 0. The Morgan fingerprint density at radius 2 is 1.70 bits per heavy atom. The lowest BCUT2D eigenvalue weighted by Gasteiger charge is -2.65. The van der Waals surface area contributed by atoms with E-state index in [1.807, 2.05) is 0 Å². The quantitative estimate of drug-likeness (QED) is 0.659. The third kappa shape index (κ3) is 2.35. The maximum atomic E-state index is 13.1. The molecule has 4 saturated carbocycles. The van der Waals surface area contributed by atoms with Gasteiger partial charge >= 0.3 is 0 Å². The van der Waals surface area contributed by atoms with Crippen molar-refractivity contribution < 1.29 is 4.79 Å². The minimum Gasteiger partial charge on any atom is -0.299 e. The highest BCUT2D eigenvalue weighted by Gasteiger charge is 2.62. The normalized spacial score (nSPS) is 47.5. The summed E-state index contributed by atoms with van der Waals surface area (Å²) in [5, 5.41) is 0. The van der Waals surface area contributed by atoms with Gasteiger partial charge in [-0.05, 0) is 61.2 Å². The molecule has 1 nitrogen and oxygen atoms in total. The Bertz CT molecular complexity index is 392. The molecule has 4 fully saturated rings. The van der Waals surface area contributed by atoms with Crippen molar-refractivity contribution >= 4 is 5.78 Å². The summed E-state index contributed by atoms with van der Waals surface area (Å²) in [6.07, 6.45) is 11.0. The van der Waals surface area contributed by atoms with Crippen LogP contribution in [-0.4, -0.2) is 5.78 Å². The molecule has 114 valence electrons. The molecule has 20 heavy (non-hydrogen) atoms. The van der Waals surface area contributed by atoms with E-state index in [0.717, 1.165) is 12.3 Å². The van der Waals surface area contributed by atoms with Crippen LogP contribution in [0.4, 0.5) is 0 Å². The van der Waals surface area contributed by atoms with Crippen LogP contribution in [0.15, 0.2) is 0 Å². The lowest BCUT2D eigenvalue weighted by Crippen LogP contribution is -2.57. The van der Waals surface area contributed by atoms with E-state index in [4.69, 9.17) is 0 Å². The van der Waals surface area contributed by atoms with Crippen LogP contribution < -0.4 is 0 Å². The first-order chi connectivity index (χ1) is 9.28. The number of carbonyl (C=O) groups is 1. The minimum atomic E-state index is 0.0743. The highest BCUT2D eigenvalue weighted by Crippen LogP contribution is 2.70. The van der Waals surface area contributed by atoms with Crippen molar-refractivity contribution in [2.45, 2.75) is 85.5 Å². The lowest BCUT2D eigenvalue weighted by molar-refractivity contribution is -0.168. The second kappa shape index (κ2) is 4.58. The highest BCUT2D eigenvalue weighted by atomic mass is 16.1. The van der Waals surface area contributed by atoms with Crippen LogP contribution in [0.1, 0.15) is 85.5 Å². The van der Waals surface area contributed by atoms with E-state index in [2.05, 4.69) is 27.7 Å². The summed E-state index contributed by atoms with van der Waals surface area (Å²) in [4.78, 5) is 13.1. The van der Waals surface area contributed by atoms with Crippen LogP contribution in [0.3, 0.4) is 0 Å². The van der Waals surface area contributed by atoms with Crippen LogP contribution in [0, 0.1) is 28.1 Å². The fourth-order valence-corrected chi connectivity index (χ4v) is 6.89. The monoisotopic (exact) mass is 276 g/mol. The molecule has 3 atom stereocenters. The summed E-state index contributed by atoms with van der Waals surface area (Å²) >= 11 is 0. The van der Waals surface area contributed by atoms with Crippen LogP contribution in [0.2, 0.25) is 0 Å². The van der Waals surface area contributed by atoms with Crippen molar-refractivity contribution in [1.29, 1.82) is 0 Å². The molecule has 0 amide bonds. The van der Waals surface area contributed by atoms with Gasteiger partial charge in [0.05, 0.1) is 0 Å². The number of carbonyl (C=O) groups excluding carboxylic acids is 1. The first-order valence-corrected chi connectivity index (χ1v) is 8.82. The van der Waals surface area contributed by atoms with Crippen molar-refractivity contribution in [3.63, 3.8) is 0 Å². The van der Waals surface area contributed by atoms with Crippen molar-refractivity contribution in [1.82, 2.24) is 0 Å². The van der Waals surface area contributed by atoms with Gasteiger partial charge in [-0.15, -0.1) is 0 Å². The average Bonchev–Trinajstić information content (AvgIpc) is 2.23. The Morgan fingerprint density at radius 1 is 1.10 bits per heavy atom. The molecule has 4 bridgehead atoms. The molecule has 1 heteroatoms. The zero-order valence-electron chi connectivity index (χ0n) is 13.9. The van der Waals surface area contributed by atoms with Gasteiger partial charge in [-0.3, -0.25) is 4.79 Å². The molecule has 0 aromatic heterocycles. The van der Waals surface area contributed by atoms with E-state index in [-0.39, 0.29) is 5.41 Å². The molecule has 0 saturated heterocycles. The predicted molar refractivity (Wildman–Crippen MR) is 83.5 cm³/mol. The summed E-state index contributed by atoms with van der Waals surface area (Å²) in [6, 6.07) is 0. The first kappa shape index (κ1) is 14.6. The largest absolute Gasteiger partial charge is 0.299 e. The van der Waals surface area contributed by atoms with Gasteiger partial charge in [-0.25, -0.2) is 0 Å². The van der Waals surface area contributed by atoms with Gasteiger partial charge in [0.15, 0.2) is 0 Å².